The summed E-state index contributed by atoms with van der Waals surface area (Å²) in [5.41, 5.74) is 0. The number of aliphatic hydroxyl groups is 2. The molecule has 3 heteroatoms. The molecule has 0 bridgehead atoms. The van der Waals surface area contributed by atoms with Gasteiger partial charge in [0, 0.05) is 17.4 Å². The first kappa shape index (κ1) is 7.51. The Morgan fingerprint density at radius 1 is 1.44 bits per heavy atom. The Morgan fingerprint density at radius 2 is 2.11 bits per heavy atom. The predicted octanol–water partition coefficient (Wildman–Crippen LogP) is 0.513. The molecule has 0 amide bonds. The predicted molar refractivity (Wildman–Crippen MR) is 38.5 cm³/mol. The molecule has 3 atom stereocenters. The van der Waals surface area contributed by atoms with Gasteiger partial charge in [-0.3, -0.25) is 0 Å². The molecule has 1 saturated carbocycles. The molecule has 0 aromatic rings. The van der Waals surface area contributed by atoms with Crippen LogP contribution in [0, 0.1) is 5.92 Å². The van der Waals surface area contributed by atoms with Crippen molar-refractivity contribution in [2.45, 2.75) is 23.8 Å². The summed E-state index contributed by atoms with van der Waals surface area (Å²) in [4.78, 5) is 0.203. The monoisotopic (exact) mass is 194 g/mol. The molecule has 0 aliphatic heterocycles. The highest BCUT2D eigenvalue weighted by molar-refractivity contribution is 9.09. The molecule has 2 N–H and O–H groups in total. The molecule has 0 spiro atoms. The molecule has 1 aliphatic rings. The number of hydrogen-bond acceptors (Lipinski definition) is 2. The molecule has 0 radical (unpaired) electrons. The quantitative estimate of drug-likeness (QED) is 0.598. The van der Waals surface area contributed by atoms with Crippen molar-refractivity contribution >= 4 is 15.9 Å². The Labute approximate surface area is 63.0 Å². The Balaban J connectivity index is 2.41. The molecule has 2 nitrogen and oxygen atoms in total. The third-order valence-corrected chi connectivity index (χ3v) is 2.90. The van der Waals surface area contributed by atoms with E-state index in [0.717, 1.165) is 12.8 Å². The zero-order chi connectivity index (χ0) is 6.85. The van der Waals surface area contributed by atoms with Crippen LogP contribution in [0.3, 0.4) is 0 Å². The van der Waals surface area contributed by atoms with E-state index in [1.807, 2.05) is 0 Å². The van der Waals surface area contributed by atoms with Gasteiger partial charge in [-0.25, -0.2) is 0 Å². The fourth-order valence-electron chi connectivity index (χ4n) is 1.21. The largest absolute Gasteiger partial charge is 0.396 e. The molecule has 9 heavy (non-hydrogen) atoms. The van der Waals surface area contributed by atoms with Crippen molar-refractivity contribution in [3.63, 3.8) is 0 Å². The zero-order valence-electron chi connectivity index (χ0n) is 5.13. The summed E-state index contributed by atoms with van der Waals surface area (Å²) in [5, 5.41) is 17.9. The van der Waals surface area contributed by atoms with E-state index in [1.165, 1.54) is 0 Å². The van der Waals surface area contributed by atoms with Crippen molar-refractivity contribution in [2.24, 2.45) is 5.92 Å². The fourth-order valence-corrected chi connectivity index (χ4v) is 1.91. The van der Waals surface area contributed by atoms with Crippen molar-refractivity contribution in [2.75, 3.05) is 6.61 Å². The summed E-state index contributed by atoms with van der Waals surface area (Å²) in [6.45, 7) is 0.114. The van der Waals surface area contributed by atoms with Gasteiger partial charge in [-0.15, -0.1) is 0 Å². The summed E-state index contributed by atoms with van der Waals surface area (Å²) >= 11 is 3.32. The maximum absolute atomic E-state index is 9.25. The van der Waals surface area contributed by atoms with E-state index in [0.29, 0.717) is 0 Å². The highest BCUT2D eigenvalue weighted by atomic mass is 79.9. The van der Waals surface area contributed by atoms with Gasteiger partial charge in [0.1, 0.15) is 0 Å². The van der Waals surface area contributed by atoms with Gasteiger partial charge < -0.3 is 10.2 Å². The molecule has 3 unspecified atom stereocenters. The van der Waals surface area contributed by atoms with Crippen molar-refractivity contribution in [1.82, 2.24) is 0 Å². The molecular formula is C6H11BrO2. The normalized spacial score (nSPS) is 43.7. The van der Waals surface area contributed by atoms with E-state index in [1.54, 1.807) is 0 Å². The van der Waals surface area contributed by atoms with Gasteiger partial charge in [0.25, 0.3) is 0 Å². The van der Waals surface area contributed by atoms with E-state index in [9.17, 15) is 5.11 Å². The van der Waals surface area contributed by atoms with Crippen LogP contribution in [0.25, 0.3) is 0 Å². The average Bonchev–Trinajstić information content (AvgIpc) is 2.15. The van der Waals surface area contributed by atoms with Gasteiger partial charge in [0.2, 0.25) is 0 Å². The first-order valence-corrected chi connectivity index (χ1v) is 4.10. The second-order valence-corrected chi connectivity index (χ2v) is 3.70. The fraction of sp³-hybridized carbons (Fsp3) is 1.00. The van der Waals surface area contributed by atoms with Crippen molar-refractivity contribution in [1.29, 1.82) is 0 Å². The summed E-state index contributed by atoms with van der Waals surface area (Å²) in [5.74, 6) is 0.106. The number of alkyl halides is 1. The van der Waals surface area contributed by atoms with Crippen LogP contribution < -0.4 is 0 Å². The second-order valence-electron chi connectivity index (χ2n) is 2.53. The van der Waals surface area contributed by atoms with E-state index in [2.05, 4.69) is 15.9 Å². The highest BCUT2D eigenvalue weighted by Crippen LogP contribution is 2.30. The molecule has 0 aromatic carbocycles. The molecule has 1 rings (SSSR count). The summed E-state index contributed by atoms with van der Waals surface area (Å²) in [6.07, 6.45) is 1.58. The Bertz CT molecular complexity index is 97.1. The van der Waals surface area contributed by atoms with Crippen LogP contribution in [0.4, 0.5) is 0 Å². The van der Waals surface area contributed by atoms with Crippen LogP contribution in [0.5, 0.6) is 0 Å². The Hall–Kier alpha value is 0.400. The molecule has 0 saturated heterocycles. The SMILES string of the molecule is OCC1CCC(Br)C1O. The first-order chi connectivity index (χ1) is 4.25. The van der Waals surface area contributed by atoms with E-state index in [-0.39, 0.29) is 23.5 Å². The van der Waals surface area contributed by atoms with E-state index < -0.39 is 0 Å². The highest BCUT2D eigenvalue weighted by Gasteiger charge is 2.31. The average molecular weight is 195 g/mol. The maximum Gasteiger partial charge on any atom is 0.0715 e. The number of hydrogen-bond donors (Lipinski definition) is 2. The lowest BCUT2D eigenvalue weighted by molar-refractivity contribution is 0.0947. The van der Waals surface area contributed by atoms with Crippen molar-refractivity contribution in [3.8, 4) is 0 Å². The minimum atomic E-state index is -0.338. The second kappa shape index (κ2) is 2.99. The van der Waals surface area contributed by atoms with Crippen molar-refractivity contribution < 1.29 is 10.2 Å². The van der Waals surface area contributed by atoms with Crippen LogP contribution in [-0.2, 0) is 0 Å². The Morgan fingerprint density at radius 3 is 2.33 bits per heavy atom. The standard InChI is InChI=1S/C6H11BrO2/c7-5-2-1-4(3-8)6(5)9/h4-6,8-9H,1-3H2. The van der Waals surface area contributed by atoms with Gasteiger partial charge in [-0.2, -0.15) is 0 Å². The van der Waals surface area contributed by atoms with Gasteiger partial charge in [0.15, 0.2) is 0 Å². The smallest absolute Gasteiger partial charge is 0.0715 e. The molecular weight excluding hydrogens is 184 g/mol. The van der Waals surface area contributed by atoms with Crippen molar-refractivity contribution in [3.05, 3.63) is 0 Å². The van der Waals surface area contributed by atoms with Gasteiger partial charge >= 0.3 is 0 Å². The summed E-state index contributed by atoms with van der Waals surface area (Å²) in [6, 6.07) is 0. The minimum absolute atomic E-state index is 0.106. The molecule has 1 fully saturated rings. The number of rotatable bonds is 1. The lowest BCUT2D eigenvalue weighted by atomic mass is 10.1. The maximum atomic E-state index is 9.25. The van der Waals surface area contributed by atoms with E-state index >= 15 is 0 Å². The minimum Gasteiger partial charge on any atom is -0.396 e. The van der Waals surface area contributed by atoms with Gasteiger partial charge in [-0.05, 0) is 12.8 Å². The molecule has 0 aromatic heterocycles. The van der Waals surface area contributed by atoms with Gasteiger partial charge in [0.05, 0.1) is 6.10 Å². The molecule has 0 heterocycles. The molecule has 54 valence electrons. The van der Waals surface area contributed by atoms with Crippen LogP contribution >= 0.6 is 15.9 Å². The lowest BCUT2D eigenvalue weighted by Crippen LogP contribution is -2.23. The third kappa shape index (κ3) is 1.45. The number of aliphatic hydroxyl groups excluding tert-OH is 2. The number of halogens is 1. The Kier molecular flexibility index (Phi) is 2.50. The van der Waals surface area contributed by atoms with Crippen LogP contribution in [0.15, 0.2) is 0 Å². The lowest BCUT2D eigenvalue weighted by Gasteiger charge is -2.12. The summed E-state index contributed by atoms with van der Waals surface area (Å²) in [7, 11) is 0. The topological polar surface area (TPSA) is 40.5 Å². The van der Waals surface area contributed by atoms with Gasteiger partial charge in [-0.1, -0.05) is 15.9 Å². The van der Waals surface area contributed by atoms with Crippen LogP contribution in [0.2, 0.25) is 0 Å². The van der Waals surface area contributed by atoms with Crippen LogP contribution in [0.1, 0.15) is 12.8 Å². The molecule has 1 aliphatic carbocycles. The van der Waals surface area contributed by atoms with E-state index in [4.69, 9.17) is 5.11 Å². The first-order valence-electron chi connectivity index (χ1n) is 3.18. The third-order valence-electron chi connectivity index (χ3n) is 1.90. The van der Waals surface area contributed by atoms with Crippen LogP contribution in [-0.4, -0.2) is 27.8 Å². The zero-order valence-corrected chi connectivity index (χ0v) is 6.71. The summed E-state index contributed by atoms with van der Waals surface area (Å²) < 4.78 is 0.